The zero-order valence-electron chi connectivity index (χ0n) is 11.6. The molecule has 1 heterocycles. The van der Waals surface area contributed by atoms with Gasteiger partial charge in [-0.25, -0.2) is 22.2 Å². The summed E-state index contributed by atoms with van der Waals surface area (Å²) < 4.78 is 59.0. The van der Waals surface area contributed by atoms with Crippen LogP contribution in [0.3, 0.4) is 0 Å². The van der Waals surface area contributed by atoms with E-state index in [0.717, 1.165) is 18.2 Å². The van der Waals surface area contributed by atoms with Crippen LogP contribution < -0.4 is 9.46 Å². The lowest BCUT2D eigenvalue weighted by molar-refractivity contribution is 0.385. The quantitative estimate of drug-likeness (QED) is 0.853. The molecule has 2 rings (SSSR count). The summed E-state index contributed by atoms with van der Waals surface area (Å²) >= 11 is 5.72. The first-order valence-electron chi connectivity index (χ1n) is 5.97. The standard InChI is InChI=1S/C14H9ClF2N2O3S/c1-3-9-10(16)4-5-11(13(9)17)19-23(20,21)12-6-8(15)7-18-14(12)22-2/h1,4-7,19H,2H3. The van der Waals surface area contributed by atoms with Crippen LogP contribution in [0.5, 0.6) is 5.88 Å². The van der Waals surface area contributed by atoms with Gasteiger partial charge in [-0.15, -0.1) is 6.42 Å². The molecule has 0 unspecified atom stereocenters. The van der Waals surface area contributed by atoms with Crippen LogP contribution in [0, 0.1) is 24.0 Å². The average molecular weight is 359 g/mol. The summed E-state index contributed by atoms with van der Waals surface area (Å²) in [6.07, 6.45) is 6.19. The number of aromatic nitrogens is 1. The van der Waals surface area contributed by atoms with Gasteiger partial charge in [0.15, 0.2) is 10.7 Å². The second-order valence-corrected chi connectivity index (χ2v) is 6.28. The number of rotatable bonds is 4. The summed E-state index contributed by atoms with van der Waals surface area (Å²) in [6, 6.07) is 2.84. The van der Waals surface area contributed by atoms with Gasteiger partial charge in [0.25, 0.3) is 10.0 Å². The Bertz CT molecular complexity index is 911. The Balaban J connectivity index is 2.52. The molecule has 0 amide bonds. The van der Waals surface area contributed by atoms with Crippen molar-refractivity contribution < 1.29 is 21.9 Å². The van der Waals surface area contributed by atoms with E-state index in [4.69, 9.17) is 22.8 Å². The molecule has 0 spiro atoms. The largest absolute Gasteiger partial charge is 0.480 e. The van der Waals surface area contributed by atoms with Crippen molar-refractivity contribution in [3.05, 3.63) is 46.6 Å². The number of sulfonamides is 1. The molecule has 1 aromatic heterocycles. The van der Waals surface area contributed by atoms with E-state index in [9.17, 15) is 17.2 Å². The van der Waals surface area contributed by atoms with Crippen LogP contribution in [0.15, 0.2) is 29.3 Å². The molecule has 9 heteroatoms. The highest BCUT2D eigenvalue weighted by Gasteiger charge is 2.24. The minimum absolute atomic E-state index is 0.0371. The van der Waals surface area contributed by atoms with E-state index in [1.165, 1.54) is 13.3 Å². The number of terminal acetylenes is 1. The first kappa shape index (κ1) is 17.0. The molecule has 0 aliphatic heterocycles. The highest BCUT2D eigenvalue weighted by molar-refractivity contribution is 7.92. The summed E-state index contributed by atoms with van der Waals surface area (Å²) in [6.45, 7) is 0. The Kier molecular flexibility index (Phi) is 4.73. The average Bonchev–Trinajstić information content (AvgIpc) is 2.50. The van der Waals surface area contributed by atoms with Crippen LogP contribution in [0.4, 0.5) is 14.5 Å². The molecule has 120 valence electrons. The summed E-state index contributed by atoms with van der Waals surface area (Å²) in [5.74, 6) is -0.597. The number of hydrogen-bond acceptors (Lipinski definition) is 4. The Morgan fingerprint density at radius 3 is 2.70 bits per heavy atom. The van der Waals surface area contributed by atoms with Crippen molar-refractivity contribution in [1.82, 2.24) is 4.98 Å². The number of pyridine rings is 1. The third-order valence-electron chi connectivity index (χ3n) is 2.75. The highest BCUT2D eigenvalue weighted by atomic mass is 35.5. The molecular formula is C14H9ClF2N2O3S. The Hall–Kier alpha value is -2.37. The summed E-state index contributed by atoms with van der Waals surface area (Å²) in [5.41, 5.74) is -1.19. The van der Waals surface area contributed by atoms with Gasteiger partial charge in [-0.2, -0.15) is 0 Å². The van der Waals surface area contributed by atoms with Gasteiger partial charge >= 0.3 is 0 Å². The molecule has 0 aliphatic carbocycles. The molecule has 0 atom stereocenters. The first-order chi connectivity index (χ1) is 10.8. The maximum atomic E-state index is 14.1. The normalized spacial score (nSPS) is 10.9. The molecule has 0 fully saturated rings. The fourth-order valence-corrected chi connectivity index (χ4v) is 3.15. The topological polar surface area (TPSA) is 68.3 Å². The molecule has 2 aromatic rings. The number of ether oxygens (including phenoxy) is 1. The van der Waals surface area contributed by atoms with Crippen LogP contribution in [0.2, 0.25) is 5.02 Å². The van der Waals surface area contributed by atoms with Crippen molar-refractivity contribution in [3.63, 3.8) is 0 Å². The molecule has 0 aliphatic rings. The summed E-state index contributed by atoms with van der Waals surface area (Å²) in [4.78, 5) is 3.31. The van der Waals surface area contributed by atoms with E-state index in [-0.39, 0.29) is 10.9 Å². The van der Waals surface area contributed by atoms with Crippen molar-refractivity contribution >= 4 is 27.3 Å². The monoisotopic (exact) mass is 358 g/mol. The maximum absolute atomic E-state index is 14.1. The molecule has 1 aromatic carbocycles. The van der Waals surface area contributed by atoms with Gasteiger partial charge in [0.1, 0.15) is 5.82 Å². The zero-order valence-corrected chi connectivity index (χ0v) is 13.2. The fraction of sp³-hybridized carbons (Fsp3) is 0.0714. The van der Waals surface area contributed by atoms with E-state index in [1.54, 1.807) is 0 Å². The van der Waals surface area contributed by atoms with Gasteiger partial charge in [0.05, 0.1) is 23.4 Å². The molecule has 0 saturated carbocycles. The number of hydrogen-bond donors (Lipinski definition) is 1. The van der Waals surface area contributed by atoms with E-state index in [1.807, 2.05) is 10.6 Å². The van der Waals surface area contributed by atoms with Gasteiger partial charge < -0.3 is 4.74 Å². The van der Waals surface area contributed by atoms with Gasteiger partial charge in [0.2, 0.25) is 5.88 Å². The van der Waals surface area contributed by atoms with Gasteiger partial charge in [-0.1, -0.05) is 17.5 Å². The summed E-state index contributed by atoms with van der Waals surface area (Å²) in [5, 5.41) is 0.0371. The number of benzene rings is 1. The lowest BCUT2D eigenvalue weighted by atomic mass is 10.2. The molecule has 0 bridgehead atoms. The van der Waals surface area contributed by atoms with E-state index in [2.05, 4.69) is 4.98 Å². The minimum Gasteiger partial charge on any atom is -0.480 e. The summed E-state index contributed by atoms with van der Waals surface area (Å²) in [7, 11) is -3.08. The SMILES string of the molecule is C#Cc1c(F)ccc(NS(=O)(=O)c2cc(Cl)cnc2OC)c1F. The van der Waals surface area contributed by atoms with Gasteiger partial charge in [0, 0.05) is 6.20 Å². The second kappa shape index (κ2) is 6.40. The Labute approximate surface area is 136 Å². The molecule has 23 heavy (non-hydrogen) atoms. The van der Waals surface area contributed by atoms with Crippen molar-refractivity contribution in [1.29, 1.82) is 0 Å². The van der Waals surface area contributed by atoms with Crippen LogP contribution in [0.1, 0.15) is 5.56 Å². The third-order valence-corrected chi connectivity index (χ3v) is 4.31. The molecule has 0 saturated heterocycles. The van der Waals surface area contributed by atoms with Gasteiger partial charge in [-0.3, -0.25) is 4.72 Å². The third kappa shape index (κ3) is 3.36. The maximum Gasteiger partial charge on any atom is 0.267 e. The van der Waals surface area contributed by atoms with Crippen LogP contribution >= 0.6 is 11.6 Å². The first-order valence-corrected chi connectivity index (χ1v) is 7.83. The molecule has 0 radical (unpaired) electrons. The van der Waals surface area contributed by atoms with E-state index in [0.29, 0.717) is 0 Å². The predicted molar refractivity (Wildman–Crippen MR) is 80.9 cm³/mol. The minimum atomic E-state index is -4.29. The second-order valence-electron chi connectivity index (χ2n) is 4.19. The smallest absolute Gasteiger partial charge is 0.267 e. The number of halogens is 3. The van der Waals surface area contributed by atoms with E-state index >= 15 is 0 Å². The van der Waals surface area contributed by atoms with Crippen LogP contribution in [-0.4, -0.2) is 20.5 Å². The molecular weight excluding hydrogens is 350 g/mol. The number of nitrogens with zero attached hydrogens (tertiary/aromatic N) is 1. The Morgan fingerprint density at radius 1 is 1.39 bits per heavy atom. The highest BCUT2D eigenvalue weighted by Crippen LogP contribution is 2.28. The van der Waals surface area contributed by atoms with Crippen LogP contribution in [-0.2, 0) is 10.0 Å². The lowest BCUT2D eigenvalue weighted by Crippen LogP contribution is -2.16. The predicted octanol–water partition coefficient (Wildman–Crippen LogP) is 2.80. The van der Waals surface area contributed by atoms with Crippen molar-refractivity contribution in [2.45, 2.75) is 4.90 Å². The number of nitrogens with one attached hydrogen (secondary N) is 1. The van der Waals surface area contributed by atoms with E-state index < -0.39 is 37.8 Å². The van der Waals surface area contributed by atoms with Crippen molar-refractivity contribution in [2.24, 2.45) is 0 Å². The zero-order chi connectivity index (χ0) is 17.2. The molecule has 5 nitrogen and oxygen atoms in total. The fourth-order valence-electron chi connectivity index (χ4n) is 1.72. The van der Waals surface area contributed by atoms with Gasteiger partial charge in [-0.05, 0) is 18.2 Å². The lowest BCUT2D eigenvalue weighted by Gasteiger charge is -2.12. The Morgan fingerprint density at radius 2 is 2.09 bits per heavy atom. The van der Waals surface area contributed by atoms with Crippen molar-refractivity contribution in [3.8, 4) is 18.2 Å². The molecule has 1 N–H and O–H groups in total. The number of methoxy groups -OCH3 is 1. The van der Waals surface area contributed by atoms with Crippen LogP contribution in [0.25, 0.3) is 0 Å². The number of anilines is 1. The van der Waals surface area contributed by atoms with Crippen molar-refractivity contribution in [2.75, 3.05) is 11.8 Å².